The molecule has 2 aromatic rings. The molecular weight excluding hydrogens is 424 g/mol. The summed E-state index contributed by atoms with van der Waals surface area (Å²) in [4.78, 5) is 17.2. The van der Waals surface area contributed by atoms with Gasteiger partial charge in [0.05, 0.1) is 6.26 Å². The molecule has 0 bridgehead atoms. The molecule has 0 aliphatic rings. The van der Waals surface area contributed by atoms with E-state index in [1.165, 1.54) is 6.08 Å². The van der Waals surface area contributed by atoms with Crippen molar-refractivity contribution in [2.75, 3.05) is 10.6 Å². The van der Waals surface area contributed by atoms with Gasteiger partial charge in [-0.25, -0.2) is 13.4 Å². The van der Waals surface area contributed by atoms with Gasteiger partial charge in [-0.3, -0.25) is 4.79 Å². The average Bonchev–Trinajstić information content (AvgIpc) is 2.56. The molecule has 0 unspecified atom stereocenters. The zero-order chi connectivity index (χ0) is 24.6. The second kappa shape index (κ2) is 8.70. The van der Waals surface area contributed by atoms with Crippen LogP contribution < -0.4 is 4.31 Å². The van der Waals surface area contributed by atoms with Gasteiger partial charge < -0.3 is 5.11 Å². The van der Waals surface area contributed by atoms with E-state index in [0.29, 0.717) is 15.6 Å². The normalized spacial score (nSPS) is 12.9. The summed E-state index contributed by atoms with van der Waals surface area (Å²) < 4.78 is 25.6. The fourth-order valence-corrected chi connectivity index (χ4v) is 4.32. The molecule has 2 rings (SSSR count). The summed E-state index contributed by atoms with van der Waals surface area (Å²) in [7, 11) is -3.89. The zero-order valence-corrected chi connectivity index (χ0v) is 21.3. The lowest BCUT2D eigenvalue weighted by Crippen LogP contribution is -2.35. The second-order valence-electron chi connectivity index (χ2n) is 10.3. The molecule has 0 aliphatic carbocycles. The fraction of sp³-hybridized carbons (Fsp3) is 0.440. The lowest BCUT2D eigenvalue weighted by molar-refractivity contribution is -0.113. The lowest BCUT2D eigenvalue weighted by Gasteiger charge is -2.28. The maximum Gasteiger partial charge on any atom is 0.266 e. The number of carbonyl (C=O) groups excluding carboxylic acids is 1. The molecule has 0 atom stereocenters. The predicted octanol–water partition coefficient (Wildman–Crippen LogP) is 5.01. The summed E-state index contributed by atoms with van der Waals surface area (Å²) >= 11 is 0. The number of hydrogen-bond donors (Lipinski definition) is 1. The molecule has 7 heteroatoms. The van der Waals surface area contributed by atoms with Gasteiger partial charge in [0, 0.05) is 22.9 Å². The largest absolute Gasteiger partial charge is 0.507 e. The molecule has 0 aliphatic heterocycles. The molecule has 6 nitrogen and oxygen atoms in total. The van der Waals surface area contributed by atoms with Crippen LogP contribution in [0, 0.1) is 13.8 Å². The van der Waals surface area contributed by atoms with Crippen LogP contribution in [0.2, 0.25) is 0 Å². The Balaban J connectivity index is 2.58. The highest BCUT2D eigenvalue weighted by Gasteiger charge is 2.27. The van der Waals surface area contributed by atoms with Gasteiger partial charge in [0.2, 0.25) is 10.0 Å². The second-order valence-corrected chi connectivity index (χ2v) is 12.1. The Bertz CT molecular complexity index is 1110. The van der Waals surface area contributed by atoms with E-state index >= 15 is 0 Å². The molecule has 0 radical (unpaired) electrons. The summed E-state index contributed by atoms with van der Waals surface area (Å²) in [6, 6.07) is 7.03. The number of nitrogens with zero attached hydrogens (tertiary/aromatic N) is 2. The quantitative estimate of drug-likeness (QED) is 0.651. The Hall–Kier alpha value is -2.67. The van der Waals surface area contributed by atoms with E-state index < -0.39 is 15.9 Å². The van der Waals surface area contributed by atoms with Crippen molar-refractivity contribution in [3.63, 3.8) is 0 Å². The molecule has 0 fully saturated rings. The number of rotatable bonds is 4. The first-order chi connectivity index (χ1) is 14.4. The number of amides is 1. The molecule has 1 amide bonds. The van der Waals surface area contributed by atoms with Gasteiger partial charge in [-0.15, -0.1) is 0 Å². The van der Waals surface area contributed by atoms with E-state index in [1.54, 1.807) is 19.1 Å². The first-order valence-electron chi connectivity index (χ1n) is 10.5. The van der Waals surface area contributed by atoms with E-state index in [-0.39, 0.29) is 22.4 Å². The third kappa shape index (κ3) is 5.97. The number of aryl methyl sites for hydroxylation is 2. The lowest BCUT2D eigenvalue weighted by atomic mass is 9.78. The molecule has 32 heavy (non-hydrogen) atoms. The Morgan fingerprint density at radius 1 is 0.969 bits per heavy atom. The van der Waals surface area contributed by atoms with Crippen LogP contribution in [0.3, 0.4) is 0 Å². The van der Waals surface area contributed by atoms with Crippen LogP contribution >= 0.6 is 0 Å². The molecule has 1 aromatic carbocycles. The van der Waals surface area contributed by atoms with Crippen LogP contribution in [-0.2, 0) is 25.6 Å². The minimum atomic E-state index is -3.89. The minimum absolute atomic E-state index is 0.0658. The number of pyridine rings is 1. The van der Waals surface area contributed by atoms with Crippen molar-refractivity contribution in [3.8, 4) is 5.75 Å². The smallest absolute Gasteiger partial charge is 0.266 e. The summed E-state index contributed by atoms with van der Waals surface area (Å²) in [5, 5.41) is 10.9. The van der Waals surface area contributed by atoms with E-state index in [0.717, 1.165) is 22.9 Å². The van der Waals surface area contributed by atoms with Crippen LogP contribution in [0.1, 0.15) is 69.5 Å². The Kier molecular flexibility index (Phi) is 6.95. The van der Waals surface area contributed by atoms with E-state index in [2.05, 4.69) is 4.98 Å². The summed E-state index contributed by atoms with van der Waals surface area (Å²) in [6.07, 6.45) is 3.78. The average molecular weight is 459 g/mol. The maximum atomic E-state index is 13.0. The number of anilines is 1. The number of aromatic hydroxyl groups is 1. The van der Waals surface area contributed by atoms with Gasteiger partial charge in [0.15, 0.2) is 5.82 Å². The van der Waals surface area contributed by atoms with E-state index in [4.69, 9.17) is 0 Å². The highest BCUT2D eigenvalue weighted by molar-refractivity contribution is 7.92. The Morgan fingerprint density at radius 3 is 1.88 bits per heavy atom. The molecule has 0 saturated carbocycles. The number of phenols is 1. The van der Waals surface area contributed by atoms with Crippen molar-refractivity contribution in [2.24, 2.45) is 0 Å². The van der Waals surface area contributed by atoms with Crippen molar-refractivity contribution >= 4 is 27.8 Å². The number of hydrogen-bond acceptors (Lipinski definition) is 5. The number of phenolic OH excluding ortho intramolecular Hbond substituents is 1. The summed E-state index contributed by atoms with van der Waals surface area (Å²) in [5.41, 5.74) is 3.00. The molecule has 0 saturated heterocycles. The molecule has 1 N–H and O–H groups in total. The highest BCUT2D eigenvalue weighted by Crippen LogP contribution is 2.40. The molecule has 1 heterocycles. The van der Waals surface area contributed by atoms with Crippen LogP contribution in [0.25, 0.3) is 6.08 Å². The third-order valence-corrected chi connectivity index (χ3v) is 6.02. The van der Waals surface area contributed by atoms with Crippen LogP contribution in [0.15, 0.2) is 30.3 Å². The Morgan fingerprint density at radius 2 is 1.47 bits per heavy atom. The van der Waals surface area contributed by atoms with Gasteiger partial charge in [0.1, 0.15) is 5.75 Å². The van der Waals surface area contributed by atoms with Gasteiger partial charge in [0.25, 0.3) is 5.91 Å². The summed E-state index contributed by atoms with van der Waals surface area (Å²) in [6.45, 7) is 15.6. The first kappa shape index (κ1) is 25.6. The molecule has 0 spiro atoms. The van der Waals surface area contributed by atoms with Gasteiger partial charge in [-0.1, -0.05) is 41.5 Å². The topological polar surface area (TPSA) is 87.6 Å². The van der Waals surface area contributed by atoms with Crippen molar-refractivity contribution in [1.29, 1.82) is 0 Å². The number of carbonyl (C=O) groups is 1. The minimum Gasteiger partial charge on any atom is -0.507 e. The highest BCUT2D eigenvalue weighted by atomic mass is 32.2. The number of benzene rings is 1. The monoisotopic (exact) mass is 458 g/mol. The van der Waals surface area contributed by atoms with Gasteiger partial charge >= 0.3 is 0 Å². The molecule has 174 valence electrons. The maximum absolute atomic E-state index is 13.0. The standard InChI is InChI=1S/C25H34N2O4S/c1-16-12-17(2)26-21(13-16)27(32(9,30)31)22(28)11-10-18-14-19(24(3,4)5)23(29)20(15-18)25(6,7)8/h10-15,29H,1-9H3/b11-10+. The Labute approximate surface area is 192 Å². The molecule has 1 aromatic heterocycles. The van der Waals surface area contributed by atoms with Crippen molar-refractivity contribution in [3.05, 3.63) is 58.3 Å². The summed E-state index contributed by atoms with van der Waals surface area (Å²) in [5.74, 6) is -0.408. The van der Waals surface area contributed by atoms with Crippen molar-refractivity contribution < 1.29 is 18.3 Å². The fourth-order valence-electron chi connectivity index (χ4n) is 3.50. The van der Waals surface area contributed by atoms with Crippen LogP contribution in [-0.4, -0.2) is 30.7 Å². The van der Waals surface area contributed by atoms with Crippen LogP contribution in [0.4, 0.5) is 5.82 Å². The first-order valence-corrected chi connectivity index (χ1v) is 12.3. The van der Waals surface area contributed by atoms with Crippen molar-refractivity contribution in [1.82, 2.24) is 4.98 Å². The SMILES string of the molecule is Cc1cc(C)nc(N(C(=O)/C=C/c2cc(C(C)(C)C)c(O)c(C(C)(C)C)c2)S(C)(=O)=O)c1. The van der Waals surface area contributed by atoms with Gasteiger partial charge in [-0.2, -0.15) is 4.31 Å². The van der Waals surface area contributed by atoms with E-state index in [1.807, 2.05) is 66.7 Å². The third-order valence-electron chi connectivity index (χ3n) is 4.99. The zero-order valence-electron chi connectivity index (χ0n) is 20.4. The predicted molar refractivity (Wildman–Crippen MR) is 131 cm³/mol. The van der Waals surface area contributed by atoms with Crippen molar-refractivity contribution in [2.45, 2.75) is 66.2 Å². The van der Waals surface area contributed by atoms with Crippen LogP contribution in [0.5, 0.6) is 5.75 Å². The molecular formula is C25H34N2O4S. The van der Waals surface area contributed by atoms with E-state index in [9.17, 15) is 18.3 Å². The van der Waals surface area contributed by atoms with Gasteiger partial charge in [-0.05, 0) is 66.1 Å². The number of aromatic nitrogens is 1. The number of sulfonamides is 1.